The quantitative estimate of drug-likeness (QED) is 0.905. The van der Waals surface area contributed by atoms with Gasteiger partial charge in [0.1, 0.15) is 6.17 Å². The predicted octanol–water partition coefficient (Wildman–Crippen LogP) is 3.45. The van der Waals surface area contributed by atoms with Crippen LogP contribution in [0.2, 0.25) is 0 Å². The third-order valence-corrected chi connectivity index (χ3v) is 5.82. The Bertz CT molecular complexity index is 498. The highest BCUT2D eigenvalue weighted by Gasteiger charge is 2.43. The highest BCUT2D eigenvalue weighted by atomic mass is 32.1. The van der Waals surface area contributed by atoms with Crippen LogP contribution in [0.15, 0.2) is 12.1 Å². The fourth-order valence-electron chi connectivity index (χ4n) is 3.62. The first-order valence-electron chi connectivity index (χ1n) is 7.72. The van der Waals surface area contributed by atoms with Crippen LogP contribution in [0, 0.1) is 12.8 Å². The van der Waals surface area contributed by atoms with Crippen molar-refractivity contribution in [3.63, 3.8) is 0 Å². The molecule has 0 radical (unpaired) electrons. The maximum absolute atomic E-state index is 12.6. The maximum Gasteiger partial charge on any atom is 0.241 e. The van der Waals surface area contributed by atoms with Crippen LogP contribution in [0.1, 0.15) is 55.5 Å². The first-order chi connectivity index (χ1) is 9.58. The molecule has 1 saturated heterocycles. The average molecular weight is 292 g/mol. The lowest BCUT2D eigenvalue weighted by molar-refractivity contribution is -0.133. The van der Waals surface area contributed by atoms with Crippen molar-refractivity contribution in [2.75, 3.05) is 0 Å². The molecule has 1 N–H and O–H groups in total. The van der Waals surface area contributed by atoms with E-state index in [9.17, 15) is 4.79 Å². The van der Waals surface area contributed by atoms with Crippen molar-refractivity contribution < 1.29 is 4.79 Å². The number of thiophene rings is 1. The predicted molar refractivity (Wildman–Crippen MR) is 82.7 cm³/mol. The van der Waals surface area contributed by atoms with Crippen molar-refractivity contribution >= 4 is 17.2 Å². The molecule has 1 aromatic heterocycles. The SMILES string of the molecule is Cc1ccc(C2NC(C)C(=O)N2C2CCCCC2C)s1. The molecule has 0 aromatic carbocycles. The van der Waals surface area contributed by atoms with E-state index in [-0.39, 0.29) is 18.1 Å². The summed E-state index contributed by atoms with van der Waals surface area (Å²) in [4.78, 5) is 17.3. The van der Waals surface area contributed by atoms with E-state index in [1.54, 1.807) is 11.3 Å². The summed E-state index contributed by atoms with van der Waals surface area (Å²) in [6.07, 6.45) is 5.05. The van der Waals surface area contributed by atoms with Crippen LogP contribution in [0.25, 0.3) is 0 Å². The molecule has 0 spiro atoms. The number of aryl methyl sites for hydroxylation is 1. The van der Waals surface area contributed by atoms with Crippen LogP contribution in [0.4, 0.5) is 0 Å². The second-order valence-corrected chi connectivity index (χ2v) is 7.63. The van der Waals surface area contributed by atoms with Gasteiger partial charge in [-0.2, -0.15) is 0 Å². The van der Waals surface area contributed by atoms with Gasteiger partial charge in [-0.05, 0) is 44.7 Å². The summed E-state index contributed by atoms with van der Waals surface area (Å²) in [6.45, 7) is 6.42. The van der Waals surface area contributed by atoms with Crippen LogP contribution < -0.4 is 5.32 Å². The monoisotopic (exact) mass is 292 g/mol. The number of nitrogens with one attached hydrogen (secondary N) is 1. The number of nitrogens with zero attached hydrogens (tertiary/aromatic N) is 1. The molecular formula is C16H24N2OS. The normalized spacial score (nSPS) is 34.8. The molecule has 3 rings (SSSR count). The first kappa shape index (κ1) is 14.1. The second kappa shape index (κ2) is 5.49. The molecule has 0 bridgehead atoms. The third-order valence-electron chi connectivity index (χ3n) is 4.77. The summed E-state index contributed by atoms with van der Waals surface area (Å²) >= 11 is 1.80. The van der Waals surface area contributed by atoms with Gasteiger partial charge in [-0.3, -0.25) is 10.1 Å². The molecule has 4 heteroatoms. The zero-order chi connectivity index (χ0) is 14.3. The number of hydrogen-bond donors (Lipinski definition) is 1. The molecule has 1 aliphatic carbocycles. The van der Waals surface area contributed by atoms with E-state index in [0.717, 1.165) is 6.42 Å². The lowest BCUT2D eigenvalue weighted by Crippen LogP contribution is -2.44. The lowest BCUT2D eigenvalue weighted by atomic mass is 9.84. The number of carbonyl (C=O) groups is 1. The third kappa shape index (κ3) is 2.40. The van der Waals surface area contributed by atoms with Crippen LogP contribution in [-0.4, -0.2) is 22.9 Å². The molecule has 2 fully saturated rings. The summed E-state index contributed by atoms with van der Waals surface area (Å²) in [7, 11) is 0. The molecule has 110 valence electrons. The summed E-state index contributed by atoms with van der Waals surface area (Å²) in [5.74, 6) is 0.892. The Morgan fingerprint density at radius 3 is 2.65 bits per heavy atom. The van der Waals surface area contributed by atoms with E-state index in [2.05, 4.69) is 36.2 Å². The Balaban J connectivity index is 1.90. The smallest absolute Gasteiger partial charge is 0.241 e. The molecule has 2 heterocycles. The lowest BCUT2D eigenvalue weighted by Gasteiger charge is -2.39. The molecule has 3 nitrogen and oxygen atoms in total. The van der Waals surface area contributed by atoms with Gasteiger partial charge in [0, 0.05) is 15.8 Å². The Hall–Kier alpha value is -0.870. The standard InChI is InChI=1S/C16H24N2OS/c1-10-6-4-5-7-13(10)18-15(17-12(3)16(18)19)14-9-8-11(2)20-14/h8-10,12-13,15,17H,4-7H2,1-3H3. The van der Waals surface area contributed by atoms with Crippen LogP contribution in [0.5, 0.6) is 0 Å². The van der Waals surface area contributed by atoms with E-state index >= 15 is 0 Å². The van der Waals surface area contributed by atoms with Gasteiger partial charge < -0.3 is 4.90 Å². The fourth-order valence-corrected chi connectivity index (χ4v) is 4.56. The van der Waals surface area contributed by atoms with Crippen molar-refractivity contribution in [1.29, 1.82) is 0 Å². The number of carbonyl (C=O) groups excluding carboxylic acids is 1. The molecule has 4 unspecified atom stereocenters. The molecule has 4 atom stereocenters. The average Bonchev–Trinajstić information content (AvgIpc) is 2.96. The maximum atomic E-state index is 12.6. The van der Waals surface area contributed by atoms with Crippen molar-refractivity contribution in [3.05, 3.63) is 21.9 Å². The van der Waals surface area contributed by atoms with Gasteiger partial charge in [0.15, 0.2) is 0 Å². The fraction of sp³-hybridized carbons (Fsp3) is 0.688. The summed E-state index contributed by atoms with van der Waals surface area (Å²) < 4.78 is 0. The molecule has 1 aliphatic heterocycles. The summed E-state index contributed by atoms with van der Waals surface area (Å²) in [5.41, 5.74) is 0. The molecule has 1 aromatic rings. The summed E-state index contributed by atoms with van der Waals surface area (Å²) in [5, 5.41) is 3.49. The topological polar surface area (TPSA) is 32.3 Å². The van der Waals surface area contributed by atoms with Gasteiger partial charge in [-0.15, -0.1) is 11.3 Å². The molecule has 1 saturated carbocycles. The largest absolute Gasteiger partial charge is 0.317 e. The van der Waals surface area contributed by atoms with E-state index in [1.165, 1.54) is 29.0 Å². The first-order valence-corrected chi connectivity index (χ1v) is 8.54. The number of hydrogen-bond acceptors (Lipinski definition) is 3. The van der Waals surface area contributed by atoms with Crippen LogP contribution in [-0.2, 0) is 4.79 Å². The molecule has 1 amide bonds. The van der Waals surface area contributed by atoms with Crippen LogP contribution >= 0.6 is 11.3 Å². The van der Waals surface area contributed by atoms with Crippen molar-refractivity contribution in [2.45, 2.75) is 64.7 Å². The van der Waals surface area contributed by atoms with E-state index < -0.39 is 0 Å². The van der Waals surface area contributed by atoms with Gasteiger partial charge in [0.2, 0.25) is 5.91 Å². The minimum atomic E-state index is -0.0588. The highest BCUT2D eigenvalue weighted by molar-refractivity contribution is 7.12. The Morgan fingerprint density at radius 1 is 1.25 bits per heavy atom. The molecule has 2 aliphatic rings. The van der Waals surface area contributed by atoms with E-state index in [0.29, 0.717) is 12.0 Å². The van der Waals surface area contributed by atoms with Gasteiger partial charge in [0.05, 0.1) is 6.04 Å². The van der Waals surface area contributed by atoms with Crippen molar-refractivity contribution in [1.82, 2.24) is 10.2 Å². The minimum Gasteiger partial charge on any atom is -0.317 e. The van der Waals surface area contributed by atoms with Crippen molar-refractivity contribution in [2.24, 2.45) is 5.92 Å². The zero-order valence-electron chi connectivity index (χ0n) is 12.6. The Labute approximate surface area is 125 Å². The summed E-state index contributed by atoms with van der Waals surface area (Å²) in [6, 6.07) is 4.67. The van der Waals surface area contributed by atoms with E-state index in [4.69, 9.17) is 0 Å². The molecule has 20 heavy (non-hydrogen) atoms. The van der Waals surface area contributed by atoms with Crippen molar-refractivity contribution in [3.8, 4) is 0 Å². The number of rotatable bonds is 2. The Morgan fingerprint density at radius 2 is 2.00 bits per heavy atom. The van der Waals surface area contributed by atoms with Gasteiger partial charge in [0.25, 0.3) is 0 Å². The molecular weight excluding hydrogens is 268 g/mol. The Kier molecular flexibility index (Phi) is 3.87. The van der Waals surface area contributed by atoms with E-state index in [1.807, 2.05) is 6.92 Å². The minimum absolute atomic E-state index is 0.0588. The van der Waals surface area contributed by atoms with Gasteiger partial charge >= 0.3 is 0 Å². The van der Waals surface area contributed by atoms with Gasteiger partial charge in [-0.25, -0.2) is 0 Å². The second-order valence-electron chi connectivity index (χ2n) is 6.31. The highest BCUT2D eigenvalue weighted by Crippen LogP contribution is 2.37. The number of amides is 1. The van der Waals surface area contributed by atoms with Crippen LogP contribution in [0.3, 0.4) is 0 Å². The van der Waals surface area contributed by atoms with Gasteiger partial charge in [-0.1, -0.05) is 19.8 Å². The zero-order valence-corrected chi connectivity index (χ0v) is 13.4.